The van der Waals surface area contributed by atoms with Crippen molar-refractivity contribution in [1.82, 2.24) is 4.98 Å². The van der Waals surface area contributed by atoms with Gasteiger partial charge in [0.25, 0.3) is 0 Å². The van der Waals surface area contributed by atoms with E-state index in [9.17, 15) is 13.6 Å². The summed E-state index contributed by atoms with van der Waals surface area (Å²) in [7, 11) is 0. The highest BCUT2D eigenvalue weighted by molar-refractivity contribution is 7.17. The summed E-state index contributed by atoms with van der Waals surface area (Å²) in [5.41, 5.74) is 0.426. The highest BCUT2D eigenvalue weighted by atomic mass is 32.1. The third-order valence-corrected chi connectivity index (χ3v) is 3.74. The fraction of sp³-hybridized carbons (Fsp3) is 0.231. The van der Waals surface area contributed by atoms with E-state index < -0.39 is 11.6 Å². The van der Waals surface area contributed by atoms with Gasteiger partial charge in [-0.3, -0.25) is 4.79 Å². The molecule has 1 aromatic carbocycles. The number of nitrogens with zero attached hydrogens (tertiary/aromatic N) is 1. The molecule has 0 spiro atoms. The van der Waals surface area contributed by atoms with Crippen LogP contribution in [0.3, 0.4) is 0 Å². The molecule has 0 saturated heterocycles. The van der Waals surface area contributed by atoms with E-state index >= 15 is 0 Å². The van der Waals surface area contributed by atoms with Crippen molar-refractivity contribution < 1.29 is 13.6 Å². The predicted molar refractivity (Wildman–Crippen MR) is 66.8 cm³/mol. The number of hydrogen-bond donors (Lipinski definition) is 0. The van der Waals surface area contributed by atoms with Crippen LogP contribution in [0, 0.1) is 11.6 Å². The summed E-state index contributed by atoms with van der Waals surface area (Å²) in [5, 5.41) is 0.215. The zero-order valence-corrected chi connectivity index (χ0v) is 10.8. The second-order valence-corrected chi connectivity index (χ2v) is 4.80. The van der Waals surface area contributed by atoms with Crippen LogP contribution in [0.5, 0.6) is 0 Å². The third kappa shape index (κ3) is 2.18. The molecular weight excluding hydrogens is 256 g/mol. The number of aromatic nitrogens is 1. The summed E-state index contributed by atoms with van der Waals surface area (Å²) in [5.74, 6) is -1.46. The van der Waals surface area contributed by atoms with Gasteiger partial charge in [0, 0.05) is 6.92 Å². The van der Waals surface area contributed by atoms with Gasteiger partial charge < -0.3 is 0 Å². The lowest BCUT2D eigenvalue weighted by Gasteiger charge is -1.99. The topological polar surface area (TPSA) is 30.0 Å². The van der Waals surface area contributed by atoms with Crippen LogP contribution in [0.2, 0.25) is 0 Å². The highest BCUT2D eigenvalue weighted by Crippen LogP contribution is 2.32. The van der Waals surface area contributed by atoms with Gasteiger partial charge in [-0.1, -0.05) is 13.0 Å². The van der Waals surface area contributed by atoms with Crippen LogP contribution in [-0.4, -0.2) is 10.8 Å². The number of carbonyl (C=O) groups excluding carboxylic acids is 1. The molecule has 0 amide bonds. The van der Waals surface area contributed by atoms with Crippen LogP contribution in [0.25, 0.3) is 10.6 Å². The van der Waals surface area contributed by atoms with E-state index in [-0.39, 0.29) is 16.4 Å². The summed E-state index contributed by atoms with van der Waals surface area (Å²) in [6, 6.07) is 3.66. The van der Waals surface area contributed by atoms with Gasteiger partial charge >= 0.3 is 0 Å². The summed E-state index contributed by atoms with van der Waals surface area (Å²) >= 11 is 1.03. The van der Waals surface area contributed by atoms with Crippen molar-refractivity contribution in [2.24, 2.45) is 0 Å². The molecule has 2 aromatic rings. The number of rotatable bonds is 3. The number of aryl methyl sites for hydroxylation is 1. The average molecular weight is 267 g/mol. The molecule has 0 aliphatic heterocycles. The van der Waals surface area contributed by atoms with Crippen LogP contribution in [0.4, 0.5) is 8.78 Å². The standard InChI is InChI=1S/C13H11F2NOS/c1-3-10-12(7(2)17)18-13(16-10)11-8(14)5-4-6-9(11)15/h4-6H,3H2,1-2H3. The molecule has 0 saturated carbocycles. The van der Waals surface area contributed by atoms with E-state index in [0.29, 0.717) is 17.0 Å². The number of hydrogen-bond acceptors (Lipinski definition) is 3. The lowest BCUT2D eigenvalue weighted by atomic mass is 10.2. The summed E-state index contributed by atoms with van der Waals surface area (Å²) in [6.45, 7) is 3.27. The van der Waals surface area contributed by atoms with Crippen LogP contribution in [-0.2, 0) is 6.42 Å². The van der Waals surface area contributed by atoms with Gasteiger partial charge in [-0.05, 0) is 18.6 Å². The molecule has 1 aromatic heterocycles. The number of ketones is 1. The monoisotopic (exact) mass is 267 g/mol. The van der Waals surface area contributed by atoms with Crippen LogP contribution in [0.1, 0.15) is 29.2 Å². The maximum absolute atomic E-state index is 13.6. The largest absolute Gasteiger partial charge is 0.294 e. The molecule has 0 N–H and O–H groups in total. The predicted octanol–water partition coefficient (Wildman–Crippen LogP) is 3.85. The maximum Gasteiger partial charge on any atom is 0.171 e. The van der Waals surface area contributed by atoms with Crippen LogP contribution in [0.15, 0.2) is 18.2 Å². The first-order valence-electron chi connectivity index (χ1n) is 5.49. The molecule has 0 aliphatic carbocycles. The third-order valence-electron chi connectivity index (χ3n) is 2.53. The Bertz CT molecular complexity index is 587. The zero-order valence-electron chi connectivity index (χ0n) is 9.96. The number of Topliss-reactive ketones (excluding diaryl/α,β-unsaturated/α-hetero) is 1. The SMILES string of the molecule is CCc1nc(-c2c(F)cccc2F)sc1C(C)=O. The second kappa shape index (κ2) is 4.94. The van der Waals surface area contributed by atoms with Gasteiger partial charge in [-0.15, -0.1) is 11.3 Å². The number of thiazole rings is 1. The first-order valence-corrected chi connectivity index (χ1v) is 6.31. The zero-order chi connectivity index (χ0) is 13.3. The number of carbonyl (C=O) groups is 1. The molecule has 0 radical (unpaired) electrons. The molecular formula is C13H11F2NOS. The number of halogens is 2. The molecule has 1 heterocycles. The van der Waals surface area contributed by atoms with Gasteiger partial charge in [0.05, 0.1) is 16.1 Å². The van der Waals surface area contributed by atoms with E-state index in [0.717, 1.165) is 11.3 Å². The van der Waals surface area contributed by atoms with Crippen LogP contribution < -0.4 is 0 Å². The maximum atomic E-state index is 13.6. The molecule has 2 nitrogen and oxygen atoms in total. The lowest BCUT2D eigenvalue weighted by molar-refractivity contribution is 0.102. The molecule has 94 valence electrons. The molecule has 0 bridgehead atoms. The Balaban J connectivity index is 2.62. The first-order chi connectivity index (χ1) is 8.54. The highest BCUT2D eigenvalue weighted by Gasteiger charge is 2.19. The molecule has 2 rings (SSSR count). The molecule has 0 unspecified atom stereocenters. The van der Waals surface area contributed by atoms with E-state index in [1.165, 1.54) is 25.1 Å². The van der Waals surface area contributed by atoms with Gasteiger partial charge in [0.15, 0.2) is 5.78 Å². The van der Waals surface area contributed by atoms with Crippen molar-refractivity contribution in [3.05, 3.63) is 40.4 Å². The van der Waals surface area contributed by atoms with Crippen molar-refractivity contribution in [2.75, 3.05) is 0 Å². The minimum absolute atomic E-state index is 0.132. The lowest BCUT2D eigenvalue weighted by Crippen LogP contribution is -1.93. The van der Waals surface area contributed by atoms with Crippen molar-refractivity contribution in [3.8, 4) is 10.6 Å². The van der Waals surface area contributed by atoms with E-state index in [1.54, 1.807) is 0 Å². The molecule has 18 heavy (non-hydrogen) atoms. The van der Waals surface area contributed by atoms with Gasteiger partial charge in [-0.2, -0.15) is 0 Å². The Morgan fingerprint density at radius 2 is 1.94 bits per heavy atom. The summed E-state index contributed by atoms with van der Waals surface area (Å²) in [6.07, 6.45) is 0.557. The van der Waals surface area contributed by atoms with Crippen molar-refractivity contribution >= 4 is 17.1 Å². The fourth-order valence-electron chi connectivity index (χ4n) is 1.68. The Labute approximate surface area is 107 Å². The fourth-order valence-corrected chi connectivity index (χ4v) is 2.77. The minimum Gasteiger partial charge on any atom is -0.294 e. The summed E-state index contributed by atoms with van der Waals surface area (Å²) < 4.78 is 27.2. The van der Waals surface area contributed by atoms with Gasteiger partial charge in [0.1, 0.15) is 16.6 Å². The van der Waals surface area contributed by atoms with Crippen molar-refractivity contribution in [3.63, 3.8) is 0 Å². The van der Waals surface area contributed by atoms with E-state index in [2.05, 4.69) is 4.98 Å². The van der Waals surface area contributed by atoms with E-state index in [1.807, 2.05) is 6.92 Å². The summed E-state index contributed by atoms with van der Waals surface area (Å²) in [4.78, 5) is 16.0. The minimum atomic E-state index is -0.665. The van der Waals surface area contributed by atoms with Crippen LogP contribution >= 0.6 is 11.3 Å². The molecule has 0 atom stereocenters. The quantitative estimate of drug-likeness (QED) is 0.790. The number of benzene rings is 1. The average Bonchev–Trinajstić information content (AvgIpc) is 2.73. The second-order valence-electron chi connectivity index (χ2n) is 3.80. The van der Waals surface area contributed by atoms with Gasteiger partial charge in [0.2, 0.25) is 0 Å². The van der Waals surface area contributed by atoms with E-state index in [4.69, 9.17) is 0 Å². The van der Waals surface area contributed by atoms with Crippen molar-refractivity contribution in [1.29, 1.82) is 0 Å². The Morgan fingerprint density at radius 1 is 1.33 bits per heavy atom. The first kappa shape index (κ1) is 12.8. The van der Waals surface area contributed by atoms with Crippen molar-refractivity contribution in [2.45, 2.75) is 20.3 Å². The van der Waals surface area contributed by atoms with Gasteiger partial charge in [-0.25, -0.2) is 13.8 Å². The molecule has 0 fully saturated rings. The Hall–Kier alpha value is -1.62. The Morgan fingerprint density at radius 3 is 2.39 bits per heavy atom. The Kier molecular flexibility index (Phi) is 3.52. The smallest absolute Gasteiger partial charge is 0.171 e. The normalized spacial score (nSPS) is 10.7. The molecule has 0 aliphatic rings. The molecule has 5 heteroatoms.